The number of aliphatic carboxylic acids is 1. The van der Waals surface area contributed by atoms with Crippen molar-refractivity contribution in [2.45, 2.75) is 285 Å². The highest BCUT2D eigenvalue weighted by Crippen LogP contribution is 2.33. The molecule has 0 radical (unpaired) electrons. The highest BCUT2D eigenvalue weighted by atomic mass is 16.7. The van der Waals surface area contributed by atoms with Crippen LogP contribution in [-0.2, 0) is 133 Å². The van der Waals surface area contributed by atoms with E-state index in [9.17, 15) is 77.0 Å². The number of hydrogen-bond acceptors (Lipinski definition) is 28. The van der Waals surface area contributed by atoms with Crippen molar-refractivity contribution in [1.82, 2.24) is 36.4 Å². The molecule has 0 aromatic carbocycles. The number of rotatable bonds is 51. The first-order chi connectivity index (χ1) is 52.1. The van der Waals surface area contributed by atoms with E-state index >= 15 is 0 Å². The Bertz CT molecular complexity index is 2970. The van der Waals surface area contributed by atoms with E-state index in [1.54, 1.807) is 32.6 Å². The lowest BCUT2D eigenvalue weighted by atomic mass is 9.88. The third kappa shape index (κ3) is 37.7. The summed E-state index contributed by atoms with van der Waals surface area (Å²) in [6, 6.07) is -2.20. The SMILES string of the molecule is CCC(OC(=O)CCC(=O)O)C(=O)N(CCCNC(=O)CCCCCO[C@@H]1OC(COC(C)=O)[C@H](OC(C)=O)[C@H](C)C1NC(C)=O)CCCN(CCCNC(=O)CCCCCO[C@@H]1OC(COC(C)=O)[C@H](OC(C)=O)[C@H](C)C1NC(C)=O)C(=O)CCCCCO[C@@H]1OC(COC(C)=O)[C@H](OC(C)=O)[C@H](C)C1NC(C)=O. The number of esters is 7. The summed E-state index contributed by atoms with van der Waals surface area (Å²) in [5, 5.41) is 23.5. The van der Waals surface area contributed by atoms with Crippen LogP contribution in [0, 0.1) is 17.8 Å². The zero-order valence-electron chi connectivity index (χ0n) is 66.2. The van der Waals surface area contributed by atoms with E-state index in [1.165, 1.54) is 67.2 Å². The van der Waals surface area contributed by atoms with E-state index in [-0.39, 0.29) is 153 Å². The summed E-state index contributed by atoms with van der Waals surface area (Å²) < 4.78 is 74.4. The van der Waals surface area contributed by atoms with Gasteiger partial charge in [-0.2, -0.15) is 0 Å². The first-order valence-electron chi connectivity index (χ1n) is 38.2. The second-order valence-electron chi connectivity index (χ2n) is 27.8. The molecular formula is C74H121N7O29. The average Bonchev–Trinajstić information content (AvgIpc) is 0.808. The quantitative estimate of drug-likeness (QED) is 0.0289. The molecule has 6 N–H and O–H groups in total. The van der Waals surface area contributed by atoms with E-state index in [2.05, 4.69) is 26.6 Å². The molecule has 3 fully saturated rings. The Morgan fingerprint density at radius 2 is 0.736 bits per heavy atom. The maximum Gasteiger partial charge on any atom is 0.307 e. The predicted molar refractivity (Wildman–Crippen MR) is 386 cm³/mol. The Hall–Kier alpha value is -8.19. The Labute approximate surface area is 643 Å². The molecule has 3 aliphatic rings. The number of carboxylic acids is 1. The monoisotopic (exact) mass is 1570 g/mol. The fourth-order valence-corrected chi connectivity index (χ4v) is 12.9. The van der Waals surface area contributed by atoms with Gasteiger partial charge < -0.3 is 103 Å². The number of hydrogen-bond donors (Lipinski definition) is 6. The maximum absolute atomic E-state index is 14.3. The number of carbonyl (C=O) groups is 15. The molecule has 3 rings (SSSR count). The fourth-order valence-electron chi connectivity index (χ4n) is 12.9. The van der Waals surface area contributed by atoms with Crippen molar-refractivity contribution < 1.29 is 139 Å². The van der Waals surface area contributed by atoms with E-state index in [4.69, 9.17) is 61.6 Å². The van der Waals surface area contributed by atoms with Crippen molar-refractivity contribution in [1.29, 1.82) is 0 Å². The third-order valence-electron chi connectivity index (χ3n) is 18.3. The van der Waals surface area contributed by atoms with Gasteiger partial charge >= 0.3 is 47.8 Å². The van der Waals surface area contributed by atoms with E-state index in [1.807, 2.05) is 0 Å². The predicted octanol–water partition coefficient (Wildman–Crippen LogP) is 3.05. The van der Waals surface area contributed by atoms with Crippen LogP contribution < -0.4 is 26.6 Å². The molecule has 36 heteroatoms. The highest BCUT2D eigenvalue weighted by Gasteiger charge is 2.50. The van der Waals surface area contributed by atoms with Crippen molar-refractivity contribution >= 4 is 89.1 Å². The zero-order valence-corrected chi connectivity index (χ0v) is 66.2. The first-order valence-corrected chi connectivity index (χ1v) is 38.2. The van der Waals surface area contributed by atoms with Crippen LogP contribution in [0.5, 0.6) is 0 Å². The van der Waals surface area contributed by atoms with Crippen molar-refractivity contribution in [2.75, 3.05) is 78.9 Å². The molecule has 3 saturated heterocycles. The van der Waals surface area contributed by atoms with Gasteiger partial charge in [0, 0.05) is 158 Å². The molecule has 0 aromatic heterocycles. The average molecular weight is 1570 g/mol. The van der Waals surface area contributed by atoms with E-state index in [0.717, 1.165) is 0 Å². The lowest BCUT2D eigenvalue weighted by Gasteiger charge is -2.44. The summed E-state index contributed by atoms with van der Waals surface area (Å²) in [5.74, 6) is -9.55. The minimum Gasteiger partial charge on any atom is -0.481 e. The Morgan fingerprint density at radius 1 is 0.400 bits per heavy atom. The van der Waals surface area contributed by atoms with Gasteiger partial charge in [-0.25, -0.2) is 0 Å². The van der Waals surface area contributed by atoms with Crippen LogP contribution in [0.3, 0.4) is 0 Å². The van der Waals surface area contributed by atoms with Crippen LogP contribution in [0.4, 0.5) is 0 Å². The van der Waals surface area contributed by atoms with Crippen LogP contribution in [0.2, 0.25) is 0 Å². The number of ether oxygens (including phenoxy) is 13. The van der Waals surface area contributed by atoms with Crippen molar-refractivity contribution in [3.63, 3.8) is 0 Å². The van der Waals surface area contributed by atoms with Crippen LogP contribution in [0.25, 0.3) is 0 Å². The number of carboxylic acid groups (broad SMARTS) is 1. The van der Waals surface area contributed by atoms with Gasteiger partial charge in [0.2, 0.25) is 35.4 Å². The van der Waals surface area contributed by atoms with Gasteiger partial charge in [0.15, 0.2) is 25.0 Å². The second-order valence-corrected chi connectivity index (χ2v) is 27.8. The molecule has 626 valence electrons. The summed E-state index contributed by atoms with van der Waals surface area (Å²) in [6.07, 6.45) is -4.81. The Kier molecular flexibility index (Phi) is 45.5. The standard InChI is InChI=1S/C74H121N7O29/c1-14-56(107-64(96)31-30-63(94)95)71(97)81(35-25-33-76-61(92)28-19-16-22-39-99-73-66(78-48(6)83)45(3)69(105-54(12)89)58(109-73)42-102-51(9)86)37-26-36-80(62(93)29-20-17-23-40-100-74-67(79-49(7)84)46(4)70(106-55(13)90)59(110-74)43-103-52(10)87)34-24-32-75-60(91)27-18-15-21-38-98-72-65(77-47(5)82)44(2)68(104-53(11)88)57(108-72)41-101-50(8)85/h44-46,56-59,65-70,72-74H,14-43H2,1-13H3,(H,75,91)(H,76,92)(H,77,82)(H,78,83)(H,79,84)(H,94,95)/t44-,45-,46-,56?,57?,58?,59?,65?,66?,67?,68-,69-,70-,72-,73-,74-/m1/s1. The van der Waals surface area contributed by atoms with Crippen LogP contribution >= 0.6 is 0 Å². The molecular weight excluding hydrogens is 1450 g/mol. The molecule has 110 heavy (non-hydrogen) atoms. The molecule has 7 unspecified atom stereocenters. The lowest BCUT2D eigenvalue weighted by Crippen LogP contribution is -2.62. The summed E-state index contributed by atoms with van der Waals surface area (Å²) in [6.45, 7) is 18.9. The van der Waals surface area contributed by atoms with E-state index < -0.39 is 164 Å². The van der Waals surface area contributed by atoms with E-state index in [0.29, 0.717) is 64.2 Å². The van der Waals surface area contributed by atoms with Gasteiger partial charge in [-0.05, 0) is 64.2 Å². The topological polar surface area (TPSA) is 463 Å². The van der Waals surface area contributed by atoms with Crippen LogP contribution in [0.1, 0.15) is 206 Å². The van der Waals surface area contributed by atoms with Gasteiger partial charge in [-0.3, -0.25) is 71.9 Å². The molecule has 3 heterocycles. The number of unbranched alkanes of at least 4 members (excludes halogenated alkanes) is 6. The van der Waals surface area contributed by atoms with Gasteiger partial charge in [-0.1, -0.05) is 47.0 Å². The molecule has 7 amide bonds. The number of nitrogens with one attached hydrogen (secondary N) is 5. The summed E-state index contributed by atoms with van der Waals surface area (Å²) in [4.78, 5) is 190. The number of carbonyl (C=O) groups excluding carboxylic acids is 14. The van der Waals surface area contributed by atoms with Crippen molar-refractivity contribution in [3.8, 4) is 0 Å². The third-order valence-corrected chi connectivity index (χ3v) is 18.3. The molecule has 16 atom stereocenters. The Balaban J connectivity index is 1.70. The second kappa shape index (κ2) is 52.1. The largest absolute Gasteiger partial charge is 0.481 e. The maximum atomic E-state index is 14.3. The minimum atomic E-state index is -1.27. The van der Waals surface area contributed by atoms with Gasteiger partial charge in [-0.15, -0.1) is 0 Å². The molecule has 0 spiro atoms. The lowest BCUT2D eigenvalue weighted by molar-refractivity contribution is -0.262. The molecule has 0 aliphatic carbocycles. The normalized spacial score (nSPS) is 23.8. The van der Waals surface area contributed by atoms with Gasteiger partial charge in [0.05, 0.1) is 31.0 Å². The fraction of sp³-hybridized carbons (Fsp3) is 0.797. The van der Waals surface area contributed by atoms with Crippen molar-refractivity contribution in [3.05, 3.63) is 0 Å². The van der Waals surface area contributed by atoms with Gasteiger partial charge in [0.1, 0.15) is 56.4 Å². The molecule has 0 saturated carbocycles. The number of amides is 7. The molecule has 0 aromatic rings. The summed E-state index contributed by atoms with van der Waals surface area (Å²) in [5.41, 5.74) is 0. The smallest absolute Gasteiger partial charge is 0.307 e. The summed E-state index contributed by atoms with van der Waals surface area (Å²) in [7, 11) is 0. The number of nitrogens with zero attached hydrogens (tertiary/aromatic N) is 2. The molecule has 36 nitrogen and oxygen atoms in total. The highest BCUT2D eigenvalue weighted by molar-refractivity contribution is 5.85. The molecule has 0 bridgehead atoms. The van der Waals surface area contributed by atoms with Crippen LogP contribution in [-0.4, -0.2) is 263 Å². The Morgan fingerprint density at radius 3 is 1.06 bits per heavy atom. The zero-order chi connectivity index (χ0) is 82.0. The minimum absolute atomic E-state index is 0.0529. The van der Waals surface area contributed by atoms with Crippen LogP contribution in [0.15, 0.2) is 0 Å². The van der Waals surface area contributed by atoms with Crippen molar-refractivity contribution in [2.24, 2.45) is 17.8 Å². The summed E-state index contributed by atoms with van der Waals surface area (Å²) >= 11 is 0. The first kappa shape index (κ1) is 96.0. The molecule has 3 aliphatic heterocycles. The van der Waals surface area contributed by atoms with Gasteiger partial charge in [0.25, 0.3) is 5.91 Å².